The third-order valence-electron chi connectivity index (χ3n) is 6.42. The lowest BCUT2D eigenvalue weighted by molar-refractivity contribution is -0.274. The molecule has 194 valence electrons. The van der Waals surface area contributed by atoms with Gasteiger partial charge in [-0.05, 0) is 73.1 Å². The maximum atomic E-state index is 12.5. The molecule has 1 unspecified atom stereocenters. The Hall–Kier alpha value is -3.27. The van der Waals surface area contributed by atoms with E-state index in [1.807, 2.05) is 6.07 Å². The first-order chi connectivity index (χ1) is 16.9. The van der Waals surface area contributed by atoms with E-state index >= 15 is 0 Å². The fourth-order valence-electron chi connectivity index (χ4n) is 5.33. The average molecular weight is 505 g/mol. The molecule has 36 heavy (non-hydrogen) atoms. The van der Waals surface area contributed by atoms with Gasteiger partial charge in [0.1, 0.15) is 5.75 Å². The number of imidazole rings is 1. The number of ether oxygens (including phenoxy) is 1. The lowest BCUT2D eigenvalue weighted by Crippen LogP contribution is -2.29. The summed E-state index contributed by atoms with van der Waals surface area (Å²) < 4.78 is 43.7. The van der Waals surface area contributed by atoms with Gasteiger partial charge in [0.25, 0.3) is 5.91 Å². The van der Waals surface area contributed by atoms with Gasteiger partial charge in [-0.25, -0.2) is 4.98 Å². The second-order valence-corrected chi connectivity index (χ2v) is 10.3. The molecule has 1 aromatic heterocycles. The minimum Gasteiger partial charge on any atom is -0.406 e. The summed E-state index contributed by atoms with van der Waals surface area (Å²) >= 11 is 0. The summed E-state index contributed by atoms with van der Waals surface area (Å²) in [6, 6.07) is 11.0. The fraction of sp³-hybridized carbons (Fsp3) is 0.462. The molecule has 0 radical (unpaired) electrons. The molecule has 0 saturated heterocycles. The van der Waals surface area contributed by atoms with E-state index in [0.29, 0.717) is 28.6 Å². The molecule has 0 spiro atoms. The van der Waals surface area contributed by atoms with E-state index in [-0.39, 0.29) is 36.3 Å². The van der Waals surface area contributed by atoms with Gasteiger partial charge in [0.15, 0.2) is 0 Å². The Morgan fingerprint density at radius 3 is 2.56 bits per heavy atom. The molecule has 1 amide bonds. The van der Waals surface area contributed by atoms with Crippen molar-refractivity contribution in [3.05, 3.63) is 48.0 Å². The minimum absolute atomic E-state index is 0.136. The highest BCUT2D eigenvalue weighted by atomic mass is 19.4. The SMILES string of the molecule is C[C@H]1CC(n2c(Nc3ccc(OC(F)(F)F)cc3)nc3cc(C(=O)NCCO)ccc32)CC(C)(C)C1. The molecule has 0 aliphatic heterocycles. The predicted molar refractivity (Wildman–Crippen MR) is 131 cm³/mol. The van der Waals surface area contributed by atoms with Crippen molar-refractivity contribution >= 4 is 28.6 Å². The number of alkyl halides is 3. The number of anilines is 2. The smallest absolute Gasteiger partial charge is 0.406 e. The van der Waals surface area contributed by atoms with E-state index < -0.39 is 6.36 Å². The Labute approximate surface area is 207 Å². The van der Waals surface area contributed by atoms with E-state index in [9.17, 15) is 18.0 Å². The van der Waals surface area contributed by atoms with Crippen LogP contribution in [0.3, 0.4) is 0 Å². The molecule has 3 N–H and O–H groups in total. The largest absolute Gasteiger partial charge is 0.573 e. The number of aliphatic hydroxyl groups excluding tert-OH is 1. The highest BCUT2D eigenvalue weighted by molar-refractivity contribution is 5.97. The van der Waals surface area contributed by atoms with Crippen LogP contribution in [0.4, 0.5) is 24.8 Å². The second-order valence-electron chi connectivity index (χ2n) is 10.3. The molecule has 10 heteroatoms. The zero-order valence-corrected chi connectivity index (χ0v) is 20.5. The number of aromatic nitrogens is 2. The van der Waals surface area contributed by atoms with Crippen LogP contribution >= 0.6 is 0 Å². The van der Waals surface area contributed by atoms with Crippen molar-refractivity contribution in [2.45, 2.75) is 52.4 Å². The number of halogens is 3. The van der Waals surface area contributed by atoms with E-state index in [1.165, 1.54) is 24.3 Å². The third kappa shape index (κ3) is 6.10. The summed E-state index contributed by atoms with van der Waals surface area (Å²) in [6.45, 7) is 6.75. The molecular weight excluding hydrogens is 473 g/mol. The number of nitrogens with one attached hydrogen (secondary N) is 2. The molecule has 3 aromatic rings. The van der Waals surface area contributed by atoms with Crippen molar-refractivity contribution in [2.24, 2.45) is 11.3 Å². The van der Waals surface area contributed by atoms with E-state index in [1.54, 1.807) is 12.1 Å². The second kappa shape index (κ2) is 10.0. The van der Waals surface area contributed by atoms with Gasteiger partial charge in [-0.15, -0.1) is 13.2 Å². The van der Waals surface area contributed by atoms with Crippen LogP contribution in [0, 0.1) is 11.3 Å². The van der Waals surface area contributed by atoms with Gasteiger partial charge in [-0.3, -0.25) is 4.79 Å². The Kier molecular flexibility index (Phi) is 7.17. The zero-order valence-electron chi connectivity index (χ0n) is 20.5. The van der Waals surface area contributed by atoms with Gasteiger partial charge in [-0.2, -0.15) is 0 Å². The summed E-state index contributed by atoms with van der Waals surface area (Å²) in [6.07, 6.45) is -1.74. The Bertz CT molecular complexity index is 1220. The van der Waals surface area contributed by atoms with Gasteiger partial charge in [0.05, 0.1) is 17.6 Å². The molecule has 1 fully saturated rings. The van der Waals surface area contributed by atoms with Crippen molar-refractivity contribution in [2.75, 3.05) is 18.5 Å². The number of rotatable bonds is 7. The lowest BCUT2D eigenvalue weighted by atomic mass is 9.70. The highest BCUT2D eigenvalue weighted by Crippen LogP contribution is 2.46. The van der Waals surface area contributed by atoms with Crippen molar-refractivity contribution < 1.29 is 27.8 Å². The van der Waals surface area contributed by atoms with Gasteiger partial charge < -0.3 is 25.0 Å². The molecule has 1 aliphatic carbocycles. The molecule has 2 aromatic carbocycles. The number of hydrogen-bond acceptors (Lipinski definition) is 5. The van der Waals surface area contributed by atoms with Crippen molar-refractivity contribution in [3.63, 3.8) is 0 Å². The number of amides is 1. The van der Waals surface area contributed by atoms with Crippen LogP contribution in [0.25, 0.3) is 11.0 Å². The molecule has 1 aliphatic rings. The van der Waals surface area contributed by atoms with Gasteiger partial charge >= 0.3 is 6.36 Å². The van der Waals surface area contributed by atoms with Crippen molar-refractivity contribution in [3.8, 4) is 5.75 Å². The maximum absolute atomic E-state index is 12.5. The normalized spacial score (nSPS) is 19.8. The van der Waals surface area contributed by atoms with E-state index in [0.717, 1.165) is 24.8 Å². The maximum Gasteiger partial charge on any atom is 0.573 e. The number of benzene rings is 2. The Morgan fingerprint density at radius 2 is 1.92 bits per heavy atom. The molecule has 0 bridgehead atoms. The standard InChI is InChI=1S/C26H31F3N4O3/c1-16-12-19(15-25(2,3)14-16)33-22-9-4-17(23(35)30-10-11-34)13-21(22)32-24(33)31-18-5-7-20(8-6-18)36-26(27,28)29/h4-9,13,16,19,34H,10-12,14-15H2,1-3H3,(H,30,35)(H,31,32)/t16-,19?/m0/s1. The number of fused-ring (bicyclic) bond motifs is 1. The fourth-order valence-corrected chi connectivity index (χ4v) is 5.33. The Balaban J connectivity index is 1.71. The first-order valence-corrected chi connectivity index (χ1v) is 12.0. The van der Waals surface area contributed by atoms with Crippen molar-refractivity contribution in [1.29, 1.82) is 0 Å². The van der Waals surface area contributed by atoms with Gasteiger partial charge in [-0.1, -0.05) is 20.8 Å². The summed E-state index contributed by atoms with van der Waals surface area (Å²) in [5, 5.41) is 14.9. The minimum atomic E-state index is -4.76. The summed E-state index contributed by atoms with van der Waals surface area (Å²) in [7, 11) is 0. The first-order valence-electron chi connectivity index (χ1n) is 12.0. The molecule has 7 nitrogen and oxygen atoms in total. The van der Waals surface area contributed by atoms with Gasteiger partial charge in [0, 0.05) is 23.8 Å². The van der Waals surface area contributed by atoms with Crippen LogP contribution in [0.1, 0.15) is 56.4 Å². The van der Waals surface area contributed by atoms with Crippen LogP contribution in [0.15, 0.2) is 42.5 Å². The van der Waals surface area contributed by atoms with E-state index in [2.05, 4.69) is 40.7 Å². The van der Waals surface area contributed by atoms with Crippen molar-refractivity contribution in [1.82, 2.24) is 14.9 Å². The number of hydrogen-bond donors (Lipinski definition) is 3. The number of carbonyl (C=O) groups excluding carboxylic acids is 1. The van der Waals surface area contributed by atoms with Crippen LogP contribution < -0.4 is 15.4 Å². The quantitative estimate of drug-likeness (QED) is 0.379. The van der Waals surface area contributed by atoms with Gasteiger partial charge in [0.2, 0.25) is 5.95 Å². The Morgan fingerprint density at radius 1 is 1.19 bits per heavy atom. The number of aliphatic hydroxyl groups is 1. The molecule has 2 atom stereocenters. The topological polar surface area (TPSA) is 88.4 Å². The third-order valence-corrected chi connectivity index (χ3v) is 6.42. The molecule has 1 heterocycles. The van der Waals surface area contributed by atoms with Crippen LogP contribution in [0.2, 0.25) is 0 Å². The average Bonchev–Trinajstić information content (AvgIpc) is 3.13. The van der Waals surface area contributed by atoms with E-state index in [4.69, 9.17) is 10.1 Å². The van der Waals surface area contributed by atoms with Crippen LogP contribution in [-0.4, -0.2) is 40.1 Å². The predicted octanol–water partition coefficient (Wildman–Crippen LogP) is 5.79. The molecule has 1 saturated carbocycles. The number of nitrogens with zero attached hydrogens (tertiary/aromatic N) is 2. The van der Waals surface area contributed by atoms with Crippen LogP contribution in [-0.2, 0) is 0 Å². The highest BCUT2D eigenvalue weighted by Gasteiger charge is 2.35. The summed E-state index contributed by atoms with van der Waals surface area (Å²) in [4.78, 5) is 17.2. The van der Waals surface area contributed by atoms with Crippen LogP contribution in [0.5, 0.6) is 5.75 Å². The summed E-state index contributed by atoms with van der Waals surface area (Å²) in [5.74, 6) is 0.453. The lowest BCUT2D eigenvalue weighted by Gasteiger charge is -2.40. The molecular formula is C26H31F3N4O3. The number of carbonyl (C=O) groups is 1. The first kappa shape index (κ1) is 25.8. The monoisotopic (exact) mass is 504 g/mol. The zero-order chi connectivity index (χ0) is 26.1. The summed E-state index contributed by atoms with van der Waals surface area (Å²) in [5.41, 5.74) is 2.62. The molecule has 4 rings (SSSR count).